The van der Waals surface area contributed by atoms with E-state index in [-0.39, 0.29) is 11.9 Å². The summed E-state index contributed by atoms with van der Waals surface area (Å²) in [6.45, 7) is 2.10. The van der Waals surface area contributed by atoms with Gasteiger partial charge in [-0.15, -0.1) is 10.2 Å². The van der Waals surface area contributed by atoms with E-state index in [1.807, 2.05) is 12.1 Å². The number of hydrogen-bond donors (Lipinski definition) is 2. The van der Waals surface area contributed by atoms with Gasteiger partial charge in [-0.25, -0.2) is 4.39 Å². The van der Waals surface area contributed by atoms with Crippen molar-refractivity contribution < 1.29 is 9.13 Å². The van der Waals surface area contributed by atoms with E-state index in [2.05, 4.69) is 45.0 Å². The normalized spacial score (nSPS) is 20.2. The summed E-state index contributed by atoms with van der Waals surface area (Å²) in [5.74, 6) is 1.45. The Morgan fingerprint density at radius 2 is 2.00 bits per heavy atom. The highest BCUT2D eigenvalue weighted by Gasteiger charge is 2.27. The molecule has 1 saturated carbocycles. The summed E-state index contributed by atoms with van der Waals surface area (Å²) >= 11 is 0. The number of nitrogens with one attached hydrogen (secondary N) is 2. The average molecular weight is 381 g/mol. The lowest BCUT2D eigenvalue weighted by atomic mass is 9.96. The van der Waals surface area contributed by atoms with Gasteiger partial charge in [-0.2, -0.15) is 5.21 Å². The predicted octanol–water partition coefficient (Wildman–Crippen LogP) is 4.00. The van der Waals surface area contributed by atoms with E-state index in [4.69, 9.17) is 4.74 Å². The molecule has 1 aliphatic rings. The van der Waals surface area contributed by atoms with E-state index in [1.54, 1.807) is 13.2 Å². The Hall–Kier alpha value is -2.80. The van der Waals surface area contributed by atoms with E-state index in [9.17, 15) is 4.39 Å². The third-order valence-corrected chi connectivity index (χ3v) is 5.57. The summed E-state index contributed by atoms with van der Waals surface area (Å²) < 4.78 is 18.8. The predicted molar refractivity (Wildman–Crippen MR) is 104 cm³/mol. The van der Waals surface area contributed by atoms with Crippen LogP contribution < -0.4 is 10.1 Å². The molecule has 6 nitrogen and oxygen atoms in total. The summed E-state index contributed by atoms with van der Waals surface area (Å²) in [6, 6.07) is 13.7. The molecule has 3 atom stereocenters. The van der Waals surface area contributed by atoms with Gasteiger partial charge in [0.15, 0.2) is 0 Å². The van der Waals surface area contributed by atoms with Crippen molar-refractivity contribution in [1.82, 2.24) is 25.9 Å². The minimum Gasteiger partial charge on any atom is -0.496 e. The van der Waals surface area contributed by atoms with Gasteiger partial charge in [0.1, 0.15) is 11.6 Å². The molecule has 2 aromatic carbocycles. The number of hydrogen-bond acceptors (Lipinski definition) is 5. The first-order valence-electron chi connectivity index (χ1n) is 9.57. The maximum atomic E-state index is 13.4. The topological polar surface area (TPSA) is 75.7 Å². The molecular weight excluding hydrogens is 357 g/mol. The number of methoxy groups -OCH3 is 1. The van der Waals surface area contributed by atoms with Gasteiger partial charge in [0.25, 0.3) is 0 Å². The third-order valence-electron chi connectivity index (χ3n) is 5.57. The standard InChI is InChI=1S/C21H24FN5O/c1-13(19-10-8-17(22)12-20(19)28-2)23-18-9-7-16(11-18)14-3-5-15(6-4-14)21-24-26-27-25-21/h3-6,8,10,12-13,16,18,23H,7,9,11H2,1-2H3,(H,24,25,26,27)/t13-,16?,18+/m1/s1. The van der Waals surface area contributed by atoms with Crippen molar-refractivity contribution in [3.8, 4) is 17.1 Å². The molecule has 1 aromatic heterocycles. The van der Waals surface area contributed by atoms with Gasteiger partial charge in [-0.1, -0.05) is 30.3 Å². The van der Waals surface area contributed by atoms with Crippen LogP contribution in [-0.2, 0) is 0 Å². The second-order valence-corrected chi connectivity index (χ2v) is 7.34. The van der Waals surface area contributed by atoms with E-state index >= 15 is 0 Å². The molecule has 4 rings (SSSR count). The first-order valence-corrected chi connectivity index (χ1v) is 9.57. The number of nitrogens with zero attached hydrogens (tertiary/aromatic N) is 3. The van der Waals surface area contributed by atoms with Gasteiger partial charge in [0.05, 0.1) is 7.11 Å². The lowest BCUT2D eigenvalue weighted by molar-refractivity contribution is 0.389. The highest BCUT2D eigenvalue weighted by molar-refractivity contribution is 5.54. The second kappa shape index (κ2) is 8.06. The smallest absolute Gasteiger partial charge is 0.204 e. The van der Waals surface area contributed by atoms with Crippen molar-refractivity contribution in [3.63, 3.8) is 0 Å². The molecule has 2 N–H and O–H groups in total. The van der Waals surface area contributed by atoms with Crippen LogP contribution in [0.5, 0.6) is 5.75 Å². The molecule has 1 heterocycles. The molecule has 0 amide bonds. The van der Waals surface area contributed by atoms with Crippen LogP contribution in [0.2, 0.25) is 0 Å². The Bertz CT molecular complexity index is 913. The van der Waals surface area contributed by atoms with Gasteiger partial charge < -0.3 is 10.1 Å². The number of H-pyrrole nitrogens is 1. The Labute approximate surface area is 163 Å². The lowest BCUT2D eigenvalue weighted by Crippen LogP contribution is -2.29. The fraction of sp³-hybridized carbons (Fsp3) is 0.381. The van der Waals surface area contributed by atoms with E-state index in [1.165, 1.54) is 17.7 Å². The fourth-order valence-electron chi connectivity index (χ4n) is 4.11. The SMILES string of the molecule is COc1cc(F)ccc1[C@@H](C)N[C@H]1CCC(c2ccc(-c3nn[nH]n3)cc2)C1. The zero-order valence-corrected chi connectivity index (χ0v) is 16.0. The second-order valence-electron chi connectivity index (χ2n) is 7.34. The lowest BCUT2D eigenvalue weighted by Gasteiger charge is -2.22. The Balaban J connectivity index is 1.39. The largest absolute Gasteiger partial charge is 0.496 e. The van der Waals surface area contributed by atoms with Crippen molar-refractivity contribution in [2.24, 2.45) is 0 Å². The third kappa shape index (κ3) is 3.89. The Morgan fingerprint density at radius 3 is 2.71 bits per heavy atom. The molecule has 146 valence electrons. The quantitative estimate of drug-likeness (QED) is 0.675. The zero-order valence-electron chi connectivity index (χ0n) is 16.0. The first kappa shape index (κ1) is 18.6. The number of aromatic amines is 1. The molecule has 0 spiro atoms. The first-order chi connectivity index (χ1) is 13.6. The highest BCUT2D eigenvalue weighted by atomic mass is 19.1. The molecular formula is C21H24FN5O. The summed E-state index contributed by atoms with van der Waals surface area (Å²) in [5, 5.41) is 17.8. The van der Waals surface area contributed by atoms with Crippen molar-refractivity contribution in [1.29, 1.82) is 0 Å². The summed E-state index contributed by atoms with van der Waals surface area (Å²) in [4.78, 5) is 0. The molecule has 0 saturated heterocycles. The van der Waals surface area contributed by atoms with Crippen LogP contribution in [0.4, 0.5) is 4.39 Å². The molecule has 1 fully saturated rings. The molecule has 1 aliphatic carbocycles. The van der Waals surface area contributed by atoms with Crippen LogP contribution in [0.1, 0.15) is 49.3 Å². The van der Waals surface area contributed by atoms with Crippen LogP contribution in [0.3, 0.4) is 0 Å². The average Bonchev–Trinajstić information content (AvgIpc) is 3.40. The van der Waals surface area contributed by atoms with Crippen molar-refractivity contribution in [2.45, 2.75) is 44.2 Å². The number of aromatic nitrogens is 4. The van der Waals surface area contributed by atoms with Crippen molar-refractivity contribution >= 4 is 0 Å². The Morgan fingerprint density at radius 1 is 1.18 bits per heavy atom. The molecule has 28 heavy (non-hydrogen) atoms. The summed E-state index contributed by atoms with van der Waals surface area (Å²) in [7, 11) is 1.58. The van der Waals surface area contributed by atoms with E-state index in [0.717, 1.165) is 30.4 Å². The number of halogens is 1. The zero-order chi connectivity index (χ0) is 19.5. The number of rotatable bonds is 6. The molecule has 0 radical (unpaired) electrons. The highest BCUT2D eigenvalue weighted by Crippen LogP contribution is 2.36. The van der Waals surface area contributed by atoms with Crippen LogP contribution in [0, 0.1) is 5.82 Å². The van der Waals surface area contributed by atoms with Crippen LogP contribution in [0.25, 0.3) is 11.4 Å². The van der Waals surface area contributed by atoms with Gasteiger partial charge >= 0.3 is 0 Å². The number of tetrazole rings is 1. The molecule has 3 aromatic rings. The minimum atomic E-state index is -0.280. The molecule has 0 bridgehead atoms. The van der Waals surface area contributed by atoms with Crippen molar-refractivity contribution in [3.05, 3.63) is 59.4 Å². The van der Waals surface area contributed by atoms with Crippen molar-refractivity contribution in [2.75, 3.05) is 7.11 Å². The summed E-state index contributed by atoms with van der Waals surface area (Å²) in [5.41, 5.74) is 3.28. The monoisotopic (exact) mass is 381 g/mol. The fourth-order valence-corrected chi connectivity index (χ4v) is 4.11. The van der Waals surface area contributed by atoms with E-state index in [0.29, 0.717) is 23.5 Å². The number of benzene rings is 2. The van der Waals surface area contributed by atoms with Gasteiger partial charge in [-0.3, -0.25) is 0 Å². The van der Waals surface area contributed by atoms with Crippen LogP contribution in [-0.4, -0.2) is 33.8 Å². The molecule has 7 heteroatoms. The summed E-state index contributed by atoms with van der Waals surface area (Å²) in [6.07, 6.45) is 3.34. The van der Waals surface area contributed by atoms with Crippen LogP contribution >= 0.6 is 0 Å². The van der Waals surface area contributed by atoms with Gasteiger partial charge in [-0.05, 0) is 48.9 Å². The molecule has 0 aliphatic heterocycles. The molecule has 1 unspecified atom stereocenters. The van der Waals surface area contributed by atoms with Gasteiger partial charge in [0.2, 0.25) is 5.82 Å². The van der Waals surface area contributed by atoms with Gasteiger partial charge in [0, 0.05) is 29.3 Å². The van der Waals surface area contributed by atoms with Crippen LogP contribution in [0.15, 0.2) is 42.5 Å². The Kier molecular flexibility index (Phi) is 5.34. The maximum Gasteiger partial charge on any atom is 0.204 e. The van der Waals surface area contributed by atoms with E-state index < -0.39 is 0 Å². The number of ether oxygens (including phenoxy) is 1. The minimum absolute atomic E-state index is 0.0971. The maximum absolute atomic E-state index is 13.4.